The van der Waals surface area contributed by atoms with Crippen LogP contribution in [0.25, 0.3) is 10.9 Å². The van der Waals surface area contributed by atoms with Crippen LogP contribution in [0.2, 0.25) is 0 Å². The Morgan fingerprint density at radius 2 is 2.21 bits per heavy atom. The van der Waals surface area contributed by atoms with Crippen LogP contribution in [-0.4, -0.2) is 27.4 Å². The number of H-pyrrole nitrogens is 1. The molecule has 0 spiro atoms. The molecule has 0 bridgehead atoms. The fourth-order valence-corrected chi connectivity index (χ4v) is 3.36. The zero-order valence-corrected chi connectivity index (χ0v) is 14.8. The first kappa shape index (κ1) is 16.5. The number of rotatable bonds is 6. The maximum Gasteiger partial charge on any atom is 0.318 e. The second-order valence-electron chi connectivity index (χ2n) is 5.66. The number of fused-ring (bicyclic) bond motifs is 1. The highest BCUT2D eigenvalue weighted by Gasteiger charge is 2.13. The van der Waals surface area contributed by atoms with Crippen molar-refractivity contribution in [1.82, 2.24) is 20.2 Å². The number of carbonyl (C=O) groups is 1. The molecule has 0 atom stereocenters. The molecule has 0 radical (unpaired) electrons. The van der Waals surface area contributed by atoms with Crippen molar-refractivity contribution in [3.8, 4) is 0 Å². The van der Waals surface area contributed by atoms with Gasteiger partial charge in [0.15, 0.2) is 0 Å². The van der Waals surface area contributed by atoms with E-state index in [2.05, 4.69) is 40.4 Å². The summed E-state index contributed by atoms with van der Waals surface area (Å²) < 4.78 is 0. The first-order chi connectivity index (χ1) is 11.7. The van der Waals surface area contributed by atoms with E-state index in [1.54, 1.807) is 16.2 Å². The van der Waals surface area contributed by atoms with Crippen LogP contribution >= 0.6 is 11.3 Å². The third-order valence-electron chi connectivity index (χ3n) is 3.98. The van der Waals surface area contributed by atoms with Gasteiger partial charge in [0.1, 0.15) is 0 Å². The van der Waals surface area contributed by atoms with Gasteiger partial charge in [0.25, 0.3) is 0 Å². The van der Waals surface area contributed by atoms with Gasteiger partial charge in [-0.1, -0.05) is 13.0 Å². The lowest BCUT2D eigenvalue weighted by Crippen LogP contribution is -2.39. The van der Waals surface area contributed by atoms with E-state index < -0.39 is 0 Å². The van der Waals surface area contributed by atoms with Gasteiger partial charge in [0.05, 0.1) is 17.2 Å². The number of carbonyl (C=O) groups excluding carboxylic acids is 1. The quantitative estimate of drug-likeness (QED) is 0.713. The number of thiazole rings is 1. The Morgan fingerprint density at radius 3 is 2.96 bits per heavy atom. The number of benzene rings is 1. The highest BCUT2D eigenvalue weighted by Crippen LogP contribution is 2.16. The molecule has 0 saturated heterocycles. The molecule has 1 aromatic carbocycles. The lowest BCUT2D eigenvalue weighted by molar-refractivity contribution is 0.197. The molecular formula is C18H22N4OS. The van der Waals surface area contributed by atoms with E-state index in [0.717, 1.165) is 28.2 Å². The van der Waals surface area contributed by atoms with Crippen molar-refractivity contribution in [2.75, 3.05) is 6.54 Å². The Kier molecular flexibility index (Phi) is 5.15. The van der Waals surface area contributed by atoms with Gasteiger partial charge < -0.3 is 15.2 Å². The van der Waals surface area contributed by atoms with E-state index in [1.807, 2.05) is 24.6 Å². The van der Waals surface area contributed by atoms with E-state index in [4.69, 9.17) is 0 Å². The number of urea groups is 1. The van der Waals surface area contributed by atoms with Crippen LogP contribution in [0.3, 0.4) is 0 Å². The average Bonchev–Trinajstić information content (AvgIpc) is 3.25. The SMILES string of the molecule is CCc1nc(CNC(=O)N(CC)Cc2ccc3[nH]ccc3c2)cs1. The largest absolute Gasteiger partial charge is 0.361 e. The van der Waals surface area contributed by atoms with Gasteiger partial charge >= 0.3 is 6.03 Å². The van der Waals surface area contributed by atoms with E-state index in [-0.39, 0.29) is 6.03 Å². The molecule has 0 aliphatic heterocycles. The van der Waals surface area contributed by atoms with E-state index in [1.165, 1.54) is 5.39 Å². The maximum absolute atomic E-state index is 12.4. The molecule has 24 heavy (non-hydrogen) atoms. The molecule has 0 aliphatic carbocycles. The zero-order chi connectivity index (χ0) is 16.9. The van der Waals surface area contributed by atoms with Crippen LogP contribution < -0.4 is 5.32 Å². The van der Waals surface area contributed by atoms with Crippen molar-refractivity contribution in [2.45, 2.75) is 33.4 Å². The summed E-state index contributed by atoms with van der Waals surface area (Å²) in [6, 6.07) is 8.22. The molecule has 2 amide bonds. The Balaban J connectivity index is 1.60. The number of aryl methyl sites for hydroxylation is 1. The molecule has 2 heterocycles. The molecular weight excluding hydrogens is 320 g/mol. The Bertz CT molecular complexity index is 823. The second-order valence-corrected chi connectivity index (χ2v) is 6.60. The highest BCUT2D eigenvalue weighted by molar-refractivity contribution is 7.09. The molecule has 2 N–H and O–H groups in total. The minimum Gasteiger partial charge on any atom is -0.361 e. The predicted octanol–water partition coefficient (Wildman–Crippen LogP) is 3.92. The summed E-state index contributed by atoms with van der Waals surface area (Å²) in [6.45, 7) is 5.81. The smallest absolute Gasteiger partial charge is 0.318 e. The topological polar surface area (TPSA) is 61.0 Å². The molecule has 126 valence electrons. The summed E-state index contributed by atoms with van der Waals surface area (Å²) in [4.78, 5) is 21.9. The minimum absolute atomic E-state index is 0.0577. The number of nitrogens with one attached hydrogen (secondary N) is 2. The number of nitrogens with zero attached hydrogens (tertiary/aromatic N) is 2. The van der Waals surface area contributed by atoms with Gasteiger partial charge in [-0.2, -0.15) is 0 Å². The van der Waals surface area contributed by atoms with Gasteiger partial charge in [-0.3, -0.25) is 0 Å². The molecule has 3 aromatic rings. The summed E-state index contributed by atoms with van der Waals surface area (Å²) in [5, 5.41) is 7.24. The number of hydrogen-bond acceptors (Lipinski definition) is 3. The summed E-state index contributed by atoms with van der Waals surface area (Å²) in [6.07, 6.45) is 2.86. The average molecular weight is 342 g/mol. The fourth-order valence-electron chi connectivity index (χ4n) is 2.62. The third kappa shape index (κ3) is 3.76. The third-order valence-corrected chi connectivity index (χ3v) is 5.02. The first-order valence-corrected chi connectivity index (χ1v) is 9.09. The van der Waals surface area contributed by atoms with Crippen molar-refractivity contribution >= 4 is 28.3 Å². The van der Waals surface area contributed by atoms with Crippen molar-refractivity contribution in [3.05, 3.63) is 52.1 Å². The van der Waals surface area contributed by atoms with E-state index in [9.17, 15) is 4.79 Å². The highest BCUT2D eigenvalue weighted by atomic mass is 32.1. The number of aromatic amines is 1. The summed E-state index contributed by atoms with van der Waals surface area (Å²) in [7, 11) is 0. The summed E-state index contributed by atoms with van der Waals surface area (Å²) in [5.41, 5.74) is 3.16. The van der Waals surface area contributed by atoms with Crippen LogP contribution in [0.15, 0.2) is 35.8 Å². The lowest BCUT2D eigenvalue weighted by atomic mass is 10.1. The van der Waals surface area contributed by atoms with Crippen molar-refractivity contribution in [1.29, 1.82) is 0 Å². The second kappa shape index (κ2) is 7.49. The molecule has 0 saturated carbocycles. The molecule has 3 rings (SSSR count). The lowest BCUT2D eigenvalue weighted by Gasteiger charge is -2.21. The van der Waals surface area contributed by atoms with Crippen molar-refractivity contribution < 1.29 is 4.79 Å². The van der Waals surface area contributed by atoms with Gasteiger partial charge in [-0.15, -0.1) is 11.3 Å². The Hall–Kier alpha value is -2.34. The van der Waals surface area contributed by atoms with Gasteiger partial charge in [-0.05, 0) is 42.5 Å². The van der Waals surface area contributed by atoms with Gasteiger partial charge in [0, 0.05) is 30.2 Å². The minimum atomic E-state index is -0.0577. The molecule has 5 nitrogen and oxygen atoms in total. The van der Waals surface area contributed by atoms with Crippen molar-refractivity contribution in [3.63, 3.8) is 0 Å². The van der Waals surface area contributed by atoms with E-state index in [0.29, 0.717) is 19.6 Å². The number of amides is 2. The predicted molar refractivity (Wildman–Crippen MR) is 98.1 cm³/mol. The molecule has 0 aliphatic rings. The molecule has 0 unspecified atom stereocenters. The van der Waals surface area contributed by atoms with E-state index >= 15 is 0 Å². The summed E-state index contributed by atoms with van der Waals surface area (Å²) in [5.74, 6) is 0. The van der Waals surface area contributed by atoms with Crippen LogP contribution in [-0.2, 0) is 19.5 Å². The molecule has 0 fully saturated rings. The van der Waals surface area contributed by atoms with Gasteiger partial charge in [-0.25, -0.2) is 9.78 Å². The normalized spacial score (nSPS) is 10.9. The Morgan fingerprint density at radius 1 is 1.33 bits per heavy atom. The molecule has 2 aromatic heterocycles. The van der Waals surface area contributed by atoms with Crippen molar-refractivity contribution in [2.24, 2.45) is 0 Å². The van der Waals surface area contributed by atoms with Crippen LogP contribution in [0.5, 0.6) is 0 Å². The summed E-state index contributed by atoms with van der Waals surface area (Å²) >= 11 is 1.64. The first-order valence-electron chi connectivity index (χ1n) is 8.21. The van der Waals surface area contributed by atoms with Crippen LogP contribution in [0, 0.1) is 0 Å². The van der Waals surface area contributed by atoms with Crippen LogP contribution in [0.4, 0.5) is 4.79 Å². The zero-order valence-electron chi connectivity index (χ0n) is 14.0. The standard InChI is InChI=1S/C18H22N4OS/c1-3-17-21-15(12-24-17)10-20-18(23)22(4-2)11-13-5-6-16-14(9-13)7-8-19-16/h5-9,12,19H,3-4,10-11H2,1-2H3,(H,20,23). The monoisotopic (exact) mass is 342 g/mol. The fraction of sp³-hybridized carbons (Fsp3) is 0.333. The van der Waals surface area contributed by atoms with Crippen LogP contribution in [0.1, 0.15) is 30.1 Å². The maximum atomic E-state index is 12.4. The van der Waals surface area contributed by atoms with Gasteiger partial charge in [0.2, 0.25) is 0 Å². The Labute approximate surface area is 145 Å². The number of aromatic nitrogens is 2. The number of hydrogen-bond donors (Lipinski definition) is 2. The molecule has 6 heteroatoms.